The molecule has 1 fully saturated rings. The van der Waals surface area contributed by atoms with E-state index in [-0.39, 0.29) is 14.6 Å². The standard InChI is InChI=1S/C10H10BrFO2S/c11-9-5-4-8(6-10(9)12)15(13,14)7-2-1-3-7/h4-7H,1-3H2. The van der Waals surface area contributed by atoms with Gasteiger partial charge in [-0.1, -0.05) is 6.42 Å². The summed E-state index contributed by atoms with van der Waals surface area (Å²) in [6.45, 7) is 0. The Morgan fingerprint density at radius 1 is 1.33 bits per heavy atom. The van der Waals surface area contributed by atoms with E-state index in [1.807, 2.05) is 0 Å². The van der Waals surface area contributed by atoms with Gasteiger partial charge in [0, 0.05) is 0 Å². The van der Waals surface area contributed by atoms with Crippen LogP contribution in [0.2, 0.25) is 0 Å². The second-order valence-corrected chi connectivity index (χ2v) is 6.76. The molecule has 82 valence electrons. The molecule has 0 amide bonds. The summed E-state index contributed by atoms with van der Waals surface area (Å²) in [6.07, 6.45) is 2.34. The lowest BCUT2D eigenvalue weighted by Gasteiger charge is -2.25. The number of benzene rings is 1. The molecule has 1 aromatic carbocycles. The molecule has 0 spiro atoms. The van der Waals surface area contributed by atoms with Crippen LogP contribution in [0.4, 0.5) is 4.39 Å². The normalized spacial score (nSPS) is 17.5. The maximum atomic E-state index is 13.2. The van der Waals surface area contributed by atoms with E-state index in [0.29, 0.717) is 12.8 Å². The largest absolute Gasteiger partial charge is 0.223 e. The molecule has 15 heavy (non-hydrogen) atoms. The van der Waals surface area contributed by atoms with E-state index in [2.05, 4.69) is 15.9 Å². The van der Waals surface area contributed by atoms with Crippen molar-refractivity contribution in [1.82, 2.24) is 0 Å². The first-order valence-corrected chi connectivity index (χ1v) is 7.04. The maximum Gasteiger partial charge on any atom is 0.181 e. The van der Waals surface area contributed by atoms with Crippen LogP contribution in [-0.2, 0) is 9.84 Å². The average molecular weight is 293 g/mol. The van der Waals surface area contributed by atoms with Crippen LogP contribution in [0.15, 0.2) is 27.6 Å². The van der Waals surface area contributed by atoms with E-state index in [0.717, 1.165) is 12.5 Å². The lowest BCUT2D eigenvalue weighted by Crippen LogP contribution is -2.28. The predicted molar refractivity (Wildman–Crippen MR) is 58.9 cm³/mol. The first-order valence-electron chi connectivity index (χ1n) is 4.71. The second kappa shape index (κ2) is 3.87. The summed E-state index contributed by atoms with van der Waals surface area (Å²) in [6, 6.07) is 3.96. The van der Waals surface area contributed by atoms with Crippen LogP contribution in [0, 0.1) is 5.82 Å². The summed E-state index contributed by atoms with van der Waals surface area (Å²) in [5.41, 5.74) is 0. The van der Waals surface area contributed by atoms with Crippen LogP contribution >= 0.6 is 15.9 Å². The van der Waals surface area contributed by atoms with Gasteiger partial charge in [0.15, 0.2) is 9.84 Å². The quantitative estimate of drug-likeness (QED) is 0.840. The van der Waals surface area contributed by atoms with Gasteiger partial charge in [-0.3, -0.25) is 0 Å². The SMILES string of the molecule is O=S(=O)(c1ccc(Br)c(F)c1)C1CCC1. The Labute approximate surface area is 96.5 Å². The zero-order chi connectivity index (χ0) is 11.1. The highest BCUT2D eigenvalue weighted by Crippen LogP contribution is 2.32. The molecule has 0 bridgehead atoms. The molecule has 0 N–H and O–H groups in total. The topological polar surface area (TPSA) is 34.1 Å². The highest BCUT2D eigenvalue weighted by Gasteiger charge is 2.32. The molecule has 0 aromatic heterocycles. The maximum absolute atomic E-state index is 13.2. The van der Waals surface area contributed by atoms with Gasteiger partial charge in [-0.15, -0.1) is 0 Å². The summed E-state index contributed by atoms with van der Waals surface area (Å²) in [7, 11) is -3.30. The van der Waals surface area contributed by atoms with Crippen LogP contribution in [0.5, 0.6) is 0 Å². The van der Waals surface area contributed by atoms with E-state index in [4.69, 9.17) is 0 Å². The highest BCUT2D eigenvalue weighted by molar-refractivity contribution is 9.10. The van der Waals surface area contributed by atoms with Gasteiger partial charge in [-0.2, -0.15) is 0 Å². The van der Waals surface area contributed by atoms with E-state index < -0.39 is 15.7 Å². The molecule has 0 aliphatic heterocycles. The van der Waals surface area contributed by atoms with Gasteiger partial charge in [0.05, 0.1) is 14.6 Å². The Bertz CT molecular complexity index is 480. The molecule has 2 nitrogen and oxygen atoms in total. The number of sulfone groups is 1. The molecular formula is C10H10BrFO2S. The molecule has 1 aliphatic rings. The molecule has 1 saturated carbocycles. The Morgan fingerprint density at radius 2 is 2.00 bits per heavy atom. The summed E-state index contributed by atoms with van der Waals surface area (Å²) in [5, 5.41) is -0.307. The third-order valence-corrected chi connectivity index (χ3v) is 5.61. The Hall–Kier alpha value is -0.420. The molecule has 5 heteroatoms. The zero-order valence-corrected chi connectivity index (χ0v) is 10.3. The van der Waals surface area contributed by atoms with Crippen LogP contribution in [0.25, 0.3) is 0 Å². The minimum Gasteiger partial charge on any atom is -0.223 e. The van der Waals surface area contributed by atoms with Crippen molar-refractivity contribution in [3.05, 3.63) is 28.5 Å². The van der Waals surface area contributed by atoms with Crippen molar-refractivity contribution in [3.8, 4) is 0 Å². The van der Waals surface area contributed by atoms with Crippen LogP contribution < -0.4 is 0 Å². The summed E-state index contributed by atoms with van der Waals surface area (Å²) in [5.74, 6) is -0.532. The van der Waals surface area contributed by atoms with Crippen LogP contribution in [-0.4, -0.2) is 13.7 Å². The predicted octanol–water partition coefficient (Wildman–Crippen LogP) is 2.91. The number of rotatable bonds is 2. The summed E-state index contributed by atoms with van der Waals surface area (Å²) >= 11 is 2.99. The molecule has 0 atom stereocenters. The fourth-order valence-electron chi connectivity index (χ4n) is 1.53. The Balaban J connectivity index is 2.40. The first kappa shape index (κ1) is 11.1. The van der Waals surface area contributed by atoms with Gasteiger partial charge < -0.3 is 0 Å². The van der Waals surface area contributed by atoms with Gasteiger partial charge in [-0.25, -0.2) is 12.8 Å². The van der Waals surface area contributed by atoms with Crippen molar-refractivity contribution in [2.75, 3.05) is 0 Å². The van der Waals surface area contributed by atoms with Gasteiger partial charge in [0.25, 0.3) is 0 Å². The van der Waals surface area contributed by atoms with Gasteiger partial charge in [0.2, 0.25) is 0 Å². The lowest BCUT2D eigenvalue weighted by atomic mass is 10.00. The number of hydrogen-bond acceptors (Lipinski definition) is 2. The van der Waals surface area contributed by atoms with E-state index in [9.17, 15) is 12.8 Å². The highest BCUT2D eigenvalue weighted by atomic mass is 79.9. The number of halogens is 2. The zero-order valence-electron chi connectivity index (χ0n) is 7.91. The molecule has 0 saturated heterocycles. The fraction of sp³-hybridized carbons (Fsp3) is 0.400. The second-order valence-electron chi connectivity index (χ2n) is 3.67. The summed E-state index contributed by atoms with van der Waals surface area (Å²) in [4.78, 5) is 0.0906. The summed E-state index contributed by atoms with van der Waals surface area (Å²) < 4.78 is 37.3. The van der Waals surface area contributed by atoms with Crippen molar-refractivity contribution in [2.24, 2.45) is 0 Å². The smallest absolute Gasteiger partial charge is 0.181 e. The minimum absolute atomic E-state index is 0.0906. The van der Waals surface area contributed by atoms with Crippen molar-refractivity contribution in [1.29, 1.82) is 0 Å². The molecule has 0 heterocycles. The van der Waals surface area contributed by atoms with Gasteiger partial charge in [0.1, 0.15) is 5.82 Å². The monoisotopic (exact) mass is 292 g/mol. The van der Waals surface area contributed by atoms with Crippen molar-refractivity contribution >= 4 is 25.8 Å². The molecular weight excluding hydrogens is 283 g/mol. The third-order valence-electron chi connectivity index (χ3n) is 2.71. The molecule has 0 radical (unpaired) electrons. The minimum atomic E-state index is -3.30. The van der Waals surface area contributed by atoms with Gasteiger partial charge >= 0.3 is 0 Å². The lowest BCUT2D eigenvalue weighted by molar-refractivity contribution is 0.476. The van der Waals surface area contributed by atoms with E-state index in [1.165, 1.54) is 12.1 Å². The van der Waals surface area contributed by atoms with Crippen molar-refractivity contribution in [3.63, 3.8) is 0 Å². The van der Waals surface area contributed by atoms with Gasteiger partial charge in [-0.05, 0) is 47.0 Å². The average Bonchev–Trinajstić information content (AvgIpc) is 2.05. The molecule has 1 aliphatic carbocycles. The number of hydrogen-bond donors (Lipinski definition) is 0. The van der Waals surface area contributed by atoms with Crippen LogP contribution in [0.1, 0.15) is 19.3 Å². The Morgan fingerprint density at radius 3 is 2.47 bits per heavy atom. The fourth-order valence-corrected chi connectivity index (χ4v) is 3.64. The van der Waals surface area contributed by atoms with Crippen molar-refractivity contribution in [2.45, 2.75) is 29.4 Å². The molecule has 1 aromatic rings. The van der Waals surface area contributed by atoms with Crippen molar-refractivity contribution < 1.29 is 12.8 Å². The Kier molecular flexibility index (Phi) is 2.85. The first-order chi connectivity index (χ1) is 7.01. The third kappa shape index (κ3) is 1.95. The van der Waals surface area contributed by atoms with E-state index in [1.54, 1.807) is 0 Å². The molecule has 2 rings (SSSR count). The molecule has 0 unspecified atom stereocenters. The van der Waals surface area contributed by atoms with E-state index >= 15 is 0 Å². The van der Waals surface area contributed by atoms with Crippen LogP contribution in [0.3, 0.4) is 0 Å².